The number of carbonyl (C=O) groups is 1. The molecule has 0 spiro atoms. The van der Waals surface area contributed by atoms with E-state index in [1.54, 1.807) is 6.07 Å². The van der Waals surface area contributed by atoms with Crippen molar-refractivity contribution in [3.63, 3.8) is 0 Å². The highest BCUT2D eigenvalue weighted by Crippen LogP contribution is 2.39. The SMILES string of the molecule is CC1(C)OB(c2ccc(OCC3CC3)c3c2OCOC3=O)OC1(C)C. The monoisotopic (exact) mass is 346 g/mol. The summed E-state index contributed by atoms with van der Waals surface area (Å²) in [7, 11) is -0.609. The zero-order valence-electron chi connectivity index (χ0n) is 15.1. The van der Waals surface area contributed by atoms with E-state index in [-0.39, 0.29) is 6.79 Å². The fraction of sp³-hybridized carbons (Fsp3) is 0.611. The molecule has 0 N–H and O–H groups in total. The topological polar surface area (TPSA) is 63.2 Å². The Balaban J connectivity index is 1.69. The molecule has 3 aliphatic rings. The van der Waals surface area contributed by atoms with Crippen molar-refractivity contribution in [1.82, 2.24) is 0 Å². The number of ether oxygens (including phenoxy) is 3. The van der Waals surface area contributed by atoms with Gasteiger partial charge in [0.05, 0.1) is 17.8 Å². The summed E-state index contributed by atoms with van der Waals surface area (Å²) >= 11 is 0. The van der Waals surface area contributed by atoms with Crippen LogP contribution < -0.4 is 14.9 Å². The van der Waals surface area contributed by atoms with Crippen LogP contribution in [0.4, 0.5) is 0 Å². The summed E-state index contributed by atoms with van der Waals surface area (Å²) in [5, 5.41) is 0. The fourth-order valence-electron chi connectivity index (χ4n) is 2.91. The quantitative estimate of drug-likeness (QED) is 0.616. The minimum atomic E-state index is -0.609. The minimum absolute atomic E-state index is 0.121. The first-order chi connectivity index (χ1) is 11.8. The van der Waals surface area contributed by atoms with E-state index in [0.29, 0.717) is 35.1 Å². The molecular formula is C18H23BO6. The summed E-state index contributed by atoms with van der Waals surface area (Å²) in [4.78, 5) is 12.3. The van der Waals surface area contributed by atoms with Crippen LogP contribution in [-0.2, 0) is 14.0 Å². The predicted molar refractivity (Wildman–Crippen MR) is 91.3 cm³/mol. The normalized spacial score (nSPS) is 23.7. The van der Waals surface area contributed by atoms with Crippen LogP contribution in [0.15, 0.2) is 12.1 Å². The molecule has 1 aromatic carbocycles. The first-order valence-corrected chi connectivity index (χ1v) is 8.74. The molecule has 0 atom stereocenters. The van der Waals surface area contributed by atoms with Crippen LogP contribution in [0, 0.1) is 5.92 Å². The maximum absolute atomic E-state index is 12.3. The fourth-order valence-corrected chi connectivity index (χ4v) is 2.91. The Kier molecular flexibility index (Phi) is 3.77. The number of hydrogen-bond acceptors (Lipinski definition) is 6. The summed E-state index contributed by atoms with van der Waals surface area (Å²) in [6, 6.07) is 3.62. The maximum atomic E-state index is 12.3. The Bertz CT molecular complexity index is 694. The molecular weight excluding hydrogens is 323 g/mol. The molecule has 2 heterocycles. The van der Waals surface area contributed by atoms with Gasteiger partial charge in [-0.25, -0.2) is 4.79 Å². The second-order valence-electron chi connectivity index (χ2n) is 7.89. The molecule has 2 fully saturated rings. The molecule has 134 valence electrons. The Morgan fingerprint density at radius 2 is 1.80 bits per heavy atom. The first kappa shape index (κ1) is 16.7. The molecule has 0 amide bonds. The predicted octanol–water partition coefficient (Wildman–Crippen LogP) is 2.28. The van der Waals surface area contributed by atoms with E-state index < -0.39 is 24.3 Å². The van der Waals surface area contributed by atoms with E-state index >= 15 is 0 Å². The molecule has 0 bridgehead atoms. The lowest BCUT2D eigenvalue weighted by Crippen LogP contribution is -2.41. The summed E-state index contributed by atoms with van der Waals surface area (Å²) in [5.41, 5.74) is 0.0602. The zero-order valence-corrected chi connectivity index (χ0v) is 15.1. The van der Waals surface area contributed by atoms with Crippen molar-refractivity contribution in [2.24, 2.45) is 5.92 Å². The van der Waals surface area contributed by atoms with Crippen LogP contribution in [0.25, 0.3) is 0 Å². The Morgan fingerprint density at radius 1 is 1.12 bits per heavy atom. The standard InChI is InChI=1S/C18H23BO6/c1-17(2)18(3,4)25-19(24-17)12-7-8-13(21-9-11-5-6-11)14-15(12)22-10-23-16(14)20/h7-8,11H,5-6,9-10H2,1-4H3. The van der Waals surface area contributed by atoms with E-state index in [9.17, 15) is 4.79 Å². The molecule has 4 rings (SSSR count). The highest BCUT2D eigenvalue weighted by Gasteiger charge is 2.53. The van der Waals surface area contributed by atoms with Gasteiger partial charge in [-0.2, -0.15) is 0 Å². The van der Waals surface area contributed by atoms with Gasteiger partial charge in [-0.3, -0.25) is 0 Å². The van der Waals surface area contributed by atoms with E-state index in [2.05, 4.69) is 0 Å². The van der Waals surface area contributed by atoms with Crippen molar-refractivity contribution in [2.45, 2.75) is 51.7 Å². The molecule has 0 aromatic heterocycles. The van der Waals surface area contributed by atoms with Crippen molar-refractivity contribution >= 4 is 18.6 Å². The molecule has 25 heavy (non-hydrogen) atoms. The van der Waals surface area contributed by atoms with Crippen LogP contribution >= 0.6 is 0 Å². The van der Waals surface area contributed by atoms with Gasteiger partial charge < -0.3 is 23.5 Å². The van der Waals surface area contributed by atoms with Gasteiger partial charge in [-0.1, -0.05) is 6.07 Å². The largest absolute Gasteiger partial charge is 0.498 e. The summed E-state index contributed by atoms with van der Waals surface area (Å²) in [6.07, 6.45) is 2.35. The van der Waals surface area contributed by atoms with Crippen molar-refractivity contribution in [2.75, 3.05) is 13.4 Å². The Labute approximate surface area is 147 Å². The number of fused-ring (bicyclic) bond motifs is 1. The lowest BCUT2D eigenvalue weighted by atomic mass is 9.77. The number of carbonyl (C=O) groups excluding carboxylic acids is 1. The second-order valence-corrected chi connectivity index (χ2v) is 7.89. The smallest absolute Gasteiger partial charge is 0.492 e. The highest BCUT2D eigenvalue weighted by atomic mass is 16.7. The number of rotatable bonds is 4. The van der Waals surface area contributed by atoms with Crippen molar-refractivity contribution in [3.05, 3.63) is 17.7 Å². The minimum Gasteiger partial charge on any atom is -0.492 e. The average Bonchev–Trinajstić information content (AvgIpc) is 3.32. The number of esters is 1. The third kappa shape index (κ3) is 2.89. The lowest BCUT2D eigenvalue weighted by Gasteiger charge is -2.32. The molecule has 0 unspecified atom stereocenters. The van der Waals surface area contributed by atoms with Gasteiger partial charge >= 0.3 is 13.1 Å². The van der Waals surface area contributed by atoms with Crippen molar-refractivity contribution in [1.29, 1.82) is 0 Å². The molecule has 7 heteroatoms. The van der Waals surface area contributed by atoms with E-state index in [1.807, 2.05) is 33.8 Å². The van der Waals surface area contributed by atoms with Crippen LogP contribution in [0.3, 0.4) is 0 Å². The molecule has 6 nitrogen and oxygen atoms in total. The van der Waals surface area contributed by atoms with Crippen LogP contribution in [0.1, 0.15) is 50.9 Å². The van der Waals surface area contributed by atoms with Gasteiger partial charge in [0.2, 0.25) is 6.79 Å². The van der Waals surface area contributed by atoms with Gasteiger partial charge in [-0.05, 0) is 52.5 Å². The molecule has 1 aliphatic carbocycles. The molecule has 1 saturated heterocycles. The summed E-state index contributed by atoms with van der Waals surface area (Å²) < 4.78 is 28.7. The average molecular weight is 346 g/mol. The highest BCUT2D eigenvalue weighted by molar-refractivity contribution is 6.63. The summed E-state index contributed by atoms with van der Waals surface area (Å²) in [6.45, 7) is 8.44. The Morgan fingerprint density at radius 3 is 2.44 bits per heavy atom. The van der Waals surface area contributed by atoms with Crippen molar-refractivity contribution < 1.29 is 28.3 Å². The molecule has 1 saturated carbocycles. The molecule has 0 radical (unpaired) electrons. The lowest BCUT2D eigenvalue weighted by molar-refractivity contribution is 0.00454. The van der Waals surface area contributed by atoms with E-state index in [4.69, 9.17) is 23.5 Å². The third-order valence-corrected chi connectivity index (χ3v) is 5.43. The van der Waals surface area contributed by atoms with E-state index in [0.717, 1.165) is 0 Å². The van der Waals surface area contributed by atoms with Gasteiger partial charge in [0.25, 0.3) is 0 Å². The first-order valence-electron chi connectivity index (χ1n) is 8.74. The number of cyclic esters (lactones) is 1. The van der Waals surface area contributed by atoms with Gasteiger partial charge in [0, 0.05) is 5.46 Å². The molecule has 2 aliphatic heterocycles. The third-order valence-electron chi connectivity index (χ3n) is 5.43. The van der Waals surface area contributed by atoms with Crippen molar-refractivity contribution in [3.8, 4) is 11.5 Å². The van der Waals surface area contributed by atoms with Crippen LogP contribution in [0.5, 0.6) is 11.5 Å². The molecule has 1 aromatic rings. The summed E-state index contributed by atoms with van der Waals surface area (Å²) in [5.74, 6) is 1.07. The van der Waals surface area contributed by atoms with Gasteiger partial charge in [0.15, 0.2) is 0 Å². The van der Waals surface area contributed by atoms with Gasteiger partial charge in [0.1, 0.15) is 17.1 Å². The van der Waals surface area contributed by atoms with Crippen LogP contribution in [0.2, 0.25) is 0 Å². The zero-order chi connectivity index (χ0) is 17.8. The maximum Gasteiger partial charge on any atom is 0.498 e. The number of hydrogen-bond donors (Lipinski definition) is 0. The van der Waals surface area contributed by atoms with Crippen LogP contribution in [-0.4, -0.2) is 37.7 Å². The Hall–Kier alpha value is -1.73. The second kappa shape index (κ2) is 5.64. The van der Waals surface area contributed by atoms with E-state index in [1.165, 1.54) is 12.8 Å². The number of benzene rings is 1. The van der Waals surface area contributed by atoms with Gasteiger partial charge in [-0.15, -0.1) is 0 Å².